The molecule has 0 radical (unpaired) electrons. The Morgan fingerprint density at radius 2 is 1.09 bits per heavy atom. The SMILES string of the molecule is CCCCCCCCCC[Si](OCC)(OCC)OCC.O=CS. The second-order valence-corrected chi connectivity index (χ2v) is 8.26. The molecule has 0 aliphatic heterocycles. The van der Waals surface area contributed by atoms with Gasteiger partial charge in [-0.2, -0.15) is 0 Å². The fourth-order valence-electron chi connectivity index (χ4n) is 2.48. The van der Waals surface area contributed by atoms with Crippen molar-refractivity contribution >= 4 is 27.1 Å². The molecule has 0 aromatic carbocycles. The van der Waals surface area contributed by atoms with Crippen molar-refractivity contribution in [1.82, 2.24) is 0 Å². The first-order valence-corrected chi connectivity index (χ1v) is 11.6. The van der Waals surface area contributed by atoms with Gasteiger partial charge in [0, 0.05) is 25.9 Å². The van der Waals surface area contributed by atoms with E-state index in [1.54, 1.807) is 0 Å². The van der Waals surface area contributed by atoms with E-state index in [9.17, 15) is 0 Å². The van der Waals surface area contributed by atoms with Gasteiger partial charge in [0.2, 0.25) is 0 Å². The Morgan fingerprint density at radius 1 is 0.739 bits per heavy atom. The standard InChI is InChI=1S/C16H36O3Si.CH2OS/c1-5-9-10-11-12-13-14-15-16-20(17-6-2,18-7-3)19-8-4;2-1-3/h5-16H2,1-4H3;1H,(H,2,3). The van der Waals surface area contributed by atoms with Crippen LogP contribution in [0.5, 0.6) is 0 Å². The van der Waals surface area contributed by atoms with Crippen molar-refractivity contribution in [3.05, 3.63) is 0 Å². The molecule has 6 heteroatoms. The van der Waals surface area contributed by atoms with Gasteiger partial charge in [0.05, 0.1) is 0 Å². The third-order valence-electron chi connectivity index (χ3n) is 3.43. The Kier molecular flexibility index (Phi) is 22.2. The van der Waals surface area contributed by atoms with Crippen molar-refractivity contribution < 1.29 is 18.1 Å². The minimum atomic E-state index is -2.38. The number of carbonyl (C=O) groups is 1. The van der Waals surface area contributed by atoms with E-state index in [0.29, 0.717) is 25.4 Å². The molecule has 0 unspecified atom stereocenters. The van der Waals surface area contributed by atoms with Crippen molar-refractivity contribution in [1.29, 1.82) is 0 Å². The molecule has 0 aromatic heterocycles. The molecule has 0 saturated heterocycles. The monoisotopic (exact) mass is 366 g/mol. The van der Waals surface area contributed by atoms with Gasteiger partial charge >= 0.3 is 8.80 Å². The number of carbonyl (C=O) groups excluding carboxylic acids is 1. The lowest BCUT2D eigenvalue weighted by Gasteiger charge is -2.28. The van der Waals surface area contributed by atoms with E-state index in [1.807, 2.05) is 20.8 Å². The number of hydrogen-bond donors (Lipinski definition) is 1. The molecule has 0 aromatic rings. The third-order valence-corrected chi connectivity index (χ3v) is 6.58. The molecule has 0 spiro atoms. The van der Waals surface area contributed by atoms with E-state index in [2.05, 4.69) is 19.6 Å². The van der Waals surface area contributed by atoms with Gasteiger partial charge in [-0.05, 0) is 27.2 Å². The van der Waals surface area contributed by atoms with Gasteiger partial charge in [-0.1, -0.05) is 51.9 Å². The molecule has 0 heterocycles. The molecule has 0 saturated carbocycles. The summed E-state index contributed by atoms with van der Waals surface area (Å²) >= 11 is 3.11. The van der Waals surface area contributed by atoms with Gasteiger partial charge in [0.1, 0.15) is 0 Å². The highest BCUT2D eigenvalue weighted by Gasteiger charge is 2.39. The summed E-state index contributed by atoms with van der Waals surface area (Å²) in [5, 5.41) is 0. The molecule has 0 atom stereocenters. The first-order valence-electron chi connectivity index (χ1n) is 9.15. The lowest BCUT2D eigenvalue weighted by Crippen LogP contribution is -2.45. The number of rotatable bonds is 15. The van der Waals surface area contributed by atoms with Crippen LogP contribution in [-0.4, -0.2) is 34.2 Å². The maximum absolute atomic E-state index is 8.67. The maximum atomic E-state index is 8.67. The van der Waals surface area contributed by atoms with E-state index in [-0.39, 0.29) is 0 Å². The lowest BCUT2D eigenvalue weighted by atomic mass is 10.1. The van der Waals surface area contributed by atoms with Gasteiger partial charge in [-0.25, -0.2) is 0 Å². The predicted octanol–water partition coefficient (Wildman–Crippen LogP) is 5.28. The summed E-state index contributed by atoms with van der Waals surface area (Å²) in [6, 6.07) is 0.970. The second kappa shape index (κ2) is 20.2. The zero-order valence-electron chi connectivity index (χ0n) is 15.6. The number of hydrogen-bond acceptors (Lipinski definition) is 4. The van der Waals surface area contributed by atoms with Crippen molar-refractivity contribution in [3.8, 4) is 0 Å². The quantitative estimate of drug-likeness (QED) is 0.185. The molecular formula is C17H38O4SSi. The van der Waals surface area contributed by atoms with Crippen LogP contribution in [-0.2, 0) is 18.1 Å². The maximum Gasteiger partial charge on any atom is 0.500 e. The topological polar surface area (TPSA) is 44.8 Å². The minimum Gasteiger partial charge on any atom is -0.374 e. The van der Waals surface area contributed by atoms with Crippen molar-refractivity contribution in [2.75, 3.05) is 19.8 Å². The molecule has 0 aliphatic carbocycles. The van der Waals surface area contributed by atoms with E-state index in [0.717, 1.165) is 6.04 Å². The van der Waals surface area contributed by atoms with Crippen molar-refractivity contribution in [2.45, 2.75) is 85.1 Å². The number of thiol groups is 1. The Hall–Kier alpha value is 0.117. The highest BCUT2D eigenvalue weighted by molar-refractivity contribution is 7.94. The third kappa shape index (κ3) is 16.7. The highest BCUT2D eigenvalue weighted by Crippen LogP contribution is 2.20. The van der Waals surface area contributed by atoms with Gasteiger partial charge in [0.25, 0.3) is 0 Å². The van der Waals surface area contributed by atoms with Crippen LogP contribution in [0.2, 0.25) is 6.04 Å². The fourth-order valence-corrected chi connectivity index (χ4v) is 5.16. The molecule has 0 aliphatic rings. The Morgan fingerprint density at radius 3 is 1.43 bits per heavy atom. The van der Waals surface area contributed by atoms with Crippen LogP contribution in [0.25, 0.3) is 0 Å². The molecular weight excluding hydrogens is 328 g/mol. The summed E-state index contributed by atoms with van der Waals surface area (Å²) in [5.74, 6) is 0. The molecule has 0 bridgehead atoms. The number of unbranched alkanes of at least 4 members (excludes halogenated alkanes) is 7. The van der Waals surface area contributed by atoms with E-state index < -0.39 is 8.80 Å². The van der Waals surface area contributed by atoms with Crippen LogP contribution in [0.4, 0.5) is 0 Å². The Bertz CT molecular complexity index is 226. The lowest BCUT2D eigenvalue weighted by molar-refractivity contribution is 0.0706. The van der Waals surface area contributed by atoms with Crippen molar-refractivity contribution in [2.24, 2.45) is 0 Å². The van der Waals surface area contributed by atoms with Crippen molar-refractivity contribution in [3.63, 3.8) is 0 Å². The molecule has 23 heavy (non-hydrogen) atoms. The molecule has 0 N–H and O–H groups in total. The minimum absolute atomic E-state index is 0.444. The smallest absolute Gasteiger partial charge is 0.374 e. The molecule has 0 amide bonds. The van der Waals surface area contributed by atoms with Crippen LogP contribution in [0.15, 0.2) is 0 Å². The highest BCUT2D eigenvalue weighted by atomic mass is 32.1. The van der Waals surface area contributed by atoms with E-state index >= 15 is 0 Å². The zero-order valence-corrected chi connectivity index (χ0v) is 17.5. The van der Waals surface area contributed by atoms with Crippen LogP contribution in [0.1, 0.15) is 79.1 Å². The molecule has 140 valence electrons. The Balaban J connectivity index is 0. The summed E-state index contributed by atoms with van der Waals surface area (Å²) in [4.78, 5) is 8.67. The summed E-state index contributed by atoms with van der Waals surface area (Å²) < 4.78 is 17.6. The molecule has 0 fully saturated rings. The van der Waals surface area contributed by atoms with E-state index in [1.165, 1.54) is 51.4 Å². The summed E-state index contributed by atoms with van der Waals surface area (Å²) in [6.07, 6.45) is 10.6. The van der Waals surface area contributed by atoms with Gasteiger partial charge < -0.3 is 13.3 Å². The first-order chi connectivity index (χ1) is 11.2. The normalized spacial score (nSPS) is 11.0. The summed E-state index contributed by atoms with van der Waals surface area (Å²) in [6.45, 7) is 10.4. The summed E-state index contributed by atoms with van der Waals surface area (Å²) in [7, 11) is -2.38. The van der Waals surface area contributed by atoms with Crippen LogP contribution in [0, 0.1) is 0 Å². The largest absolute Gasteiger partial charge is 0.500 e. The van der Waals surface area contributed by atoms with Crippen LogP contribution < -0.4 is 0 Å². The average molecular weight is 367 g/mol. The van der Waals surface area contributed by atoms with Crippen LogP contribution in [0.3, 0.4) is 0 Å². The van der Waals surface area contributed by atoms with E-state index in [4.69, 9.17) is 18.1 Å². The predicted molar refractivity (Wildman–Crippen MR) is 104 cm³/mol. The zero-order chi connectivity index (χ0) is 17.8. The van der Waals surface area contributed by atoms with Crippen LogP contribution >= 0.6 is 12.6 Å². The second-order valence-electron chi connectivity index (χ2n) is 5.31. The Labute approximate surface area is 150 Å². The average Bonchev–Trinajstić information content (AvgIpc) is 2.51. The molecule has 0 rings (SSSR count). The van der Waals surface area contributed by atoms with Gasteiger partial charge in [0.15, 0.2) is 5.62 Å². The molecule has 4 nitrogen and oxygen atoms in total. The summed E-state index contributed by atoms with van der Waals surface area (Å²) in [5.41, 5.74) is 0.444. The van der Waals surface area contributed by atoms with Gasteiger partial charge in [-0.3, -0.25) is 4.79 Å². The fraction of sp³-hybridized carbons (Fsp3) is 0.941. The van der Waals surface area contributed by atoms with Gasteiger partial charge in [-0.15, -0.1) is 12.6 Å². The first kappa shape index (κ1) is 25.4.